The Morgan fingerprint density at radius 3 is 2.71 bits per heavy atom. The highest BCUT2D eigenvalue weighted by molar-refractivity contribution is 6.42. The Morgan fingerprint density at radius 2 is 2.03 bits per heavy atom. The normalized spacial score (nSPS) is 19.2. The molecule has 166 valence electrons. The summed E-state index contributed by atoms with van der Waals surface area (Å²) in [6.07, 6.45) is 2.71. The van der Waals surface area contributed by atoms with E-state index in [1.165, 1.54) is 0 Å². The highest BCUT2D eigenvalue weighted by Crippen LogP contribution is 2.29. The number of carbonyl (C=O) groups excluding carboxylic acids is 2. The second kappa shape index (κ2) is 9.23. The second-order valence-corrected chi connectivity index (χ2v) is 9.01. The molecule has 0 aliphatic carbocycles. The molecule has 2 aliphatic heterocycles. The molecule has 0 spiro atoms. The molecular formula is C23H27Cl2N3O3. The third-order valence-corrected chi connectivity index (χ3v) is 6.98. The van der Waals surface area contributed by atoms with Crippen LogP contribution in [0.1, 0.15) is 71.3 Å². The lowest BCUT2D eigenvalue weighted by atomic mass is 10.0. The molecule has 2 amide bonds. The Morgan fingerprint density at radius 1 is 1.23 bits per heavy atom. The summed E-state index contributed by atoms with van der Waals surface area (Å²) in [6.45, 7) is 6.23. The Kier molecular flexibility index (Phi) is 6.60. The van der Waals surface area contributed by atoms with Crippen molar-refractivity contribution >= 4 is 35.0 Å². The van der Waals surface area contributed by atoms with Gasteiger partial charge in [-0.2, -0.15) is 0 Å². The van der Waals surface area contributed by atoms with Gasteiger partial charge in [-0.05, 0) is 49.9 Å². The number of benzene rings is 1. The van der Waals surface area contributed by atoms with E-state index in [0.29, 0.717) is 47.5 Å². The Labute approximate surface area is 192 Å². The van der Waals surface area contributed by atoms with Gasteiger partial charge in [-0.15, -0.1) is 0 Å². The van der Waals surface area contributed by atoms with E-state index in [1.54, 1.807) is 18.2 Å². The zero-order valence-electron chi connectivity index (χ0n) is 17.8. The molecule has 8 heteroatoms. The van der Waals surface area contributed by atoms with Crippen LogP contribution in [0.2, 0.25) is 10.0 Å². The summed E-state index contributed by atoms with van der Waals surface area (Å²) in [7, 11) is 0. The van der Waals surface area contributed by atoms with Crippen molar-refractivity contribution in [2.75, 3.05) is 13.2 Å². The van der Waals surface area contributed by atoms with E-state index in [9.17, 15) is 9.59 Å². The number of fused-ring (bicyclic) bond motifs is 1. The quantitative estimate of drug-likeness (QED) is 0.690. The number of hydrogen-bond donors (Lipinski definition) is 1. The van der Waals surface area contributed by atoms with E-state index in [2.05, 4.69) is 12.2 Å². The first-order valence-electron chi connectivity index (χ1n) is 10.8. The summed E-state index contributed by atoms with van der Waals surface area (Å²) < 4.78 is 7.56. The lowest BCUT2D eigenvalue weighted by molar-refractivity contribution is 0.0683. The van der Waals surface area contributed by atoms with Gasteiger partial charge < -0.3 is 19.5 Å². The van der Waals surface area contributed by atoms with Gasteiger partial charge in [0.1, 0.15) is 5.69 Å². The van der Waals surface area contributed by atoms with Crippen LogP contribution in [0.4, 0.5) is 0 Å². The zero-order chi connectivity index (χ0) is 22.1. The molecule has 1 aromatic heterocycles. The van der Waals surface area contributed by atoms with Crippen molar-refractivity contribution in [1.82, 2.24) is 14.8 Å². The maximum Gasteiger partial charge on any atom is 0.270 e. The lowest BCUT2D eigenvalue weighted by Crippen LogP contribution is -2.35. The number of halogens is 2. The number of rotatable bonds is 5. The zero-order valence-corrected chi connectivity index (χ0v) is 19.3. The van der Waals surface area contributed by atoms with Crippen molar-refractivity contribution < 1.29 is 14.3 Å². The van der Waals surface area contributed by atoms with Gasteiger partial charge in [0.05, 0.1) is 40.6 Å². The van der Waals surface area contributed by atoms with Gasteiger partial charge in [0.2, 0.25) is 0 Å². The number of ether oxygens (including phenoxy) is 1. The predicted octanol–water partition coefficient (Wildman–Crippen LogP) is 4.83. The average molecular weight is 464 g/mol. The van der Waals surface area contributed by atoms with Crippen molar-refractivity contribution in [2.24, 2.45) is 0 Å². The van der Waals surface area contributed by atoms with Crippen LogP contribution in [0.25, 0.3) is 0 Å². The van der Waals surface area contributed by atoms with Crippen LogP contribution >= 0.6 is 23.2 Å². The van der Waals surface area contributed by atoms with Crippen LogP contribution in [0.3, 0.4) is 0 Å². The number of hydrogen-bond acceptors (Lipinski definition) is 3. The van der Waals surface area contributed by atoms with E-state index in [-0.39, 0.29) is 23.9 Å². The number of aromatic nitrogens is 1. The summed E-state index contributed by atoms with van der Waals surface area (Å²) in [6, 6.07) is 7.10. The van der Waals surface area contributed by atoms with Crippen molar-refractivity contribution in [3.05, 3.63) is 56.8 Å². The Bertz CT molecular complexity index is 1000. The maximum absolute atomic E-state index is 13.3. The Hall–Kier alpha value is -2.02. The monoisotopic (exact) mass is 463 g/mol. The fourth-order valence-corrected chi connectivity index (χ4v) is 4.77. The second-order valence-electron chi connectivity index (χ2n) is 8.19. The molecule has 2 aliphatic rings. The molecule has 6 nitrogen and oxygen atoms in total. The predicted molar refractivity (Wildman–Crippen MR) is 121 cm³/mol. The van der Waals surface area contributed by atoms with Crippen LogP contribution in [0.15, 0.2) is 24.3 Å². The maximum atomic E-state index is 13.3. The van der Waals surface area contributed by atoms with Crippen molar-refractivity contribution in [3.8, 4) is 0 Å². The van der Waals surface area contributed by atoms with E-state index < -0.39 is 0 Å². The summed E-state index contributed by atoms with van der Waals surface area (Å²) in [4.78, 5) is 28.4. The first-order chi connectivity index (χ1) is 14.9. The summed E-state index contributed by atoms with van der Waals surface area (Å²) in [5.74, 6) is -0.232. The van der Waals surface area contributed by atoms with Gasteiger partial charge >= 0.3 is 0 Å². The molecule has 2 unspecified atom stereocenters. The largest absolute Gasteiger partial charge is 0.373 e. The molecule has 4 rings (SSSR count). The first kappa shape index (κ1) is 22.2. The molecule has 0 radical (unpaired) electrons. The van der Waals surface area contributed by atoms with Crippen molar-refractivity contribution in [1.29, 1.82) is 0 Å². The van der Waals surface area contributed by atoms with Crippen LogP contribution in [0.5, 0.6) is 0 Å². The van der Waals surface area contributed by atoms with E-state index >= 15 is 0 Å². The fraction of sp³-hybridized carbons (Fsp3) is 0.478. The minimum Gasteiger partial charge on any atom is -0.373 e. The highest BCUT2D eigenvalue weighted by atomic mass is 35.5. The molecule has 2 aromatic rings. The third-order valence-electron chi connectivity index (χ3n) is 6.24. The minimum atomic E-state index is -0.222. The molecule has 1 saturated heterocycles. The molecule has 1 N–H and O–H groups in total. The van der Waals surface area contributed by atoms with Crippen LogP contribution in [0, 0.1) is 0 Å². The smallest absolute Gasteiger partial charge is 0.270 e. The molecule has 3 heterocycles. The lowest BCUT2D eigenvalue weighted by Gasteiger charge is -2.24. The van der Waals surface area contributed by atoms with E-state index in [4.69, 9.17) is 27.9 Å². The number of nitrogens with one attached hydrogen (secondary N) is 1. The number of nitrogens with zero attached hydrogens (tertiary/aromatic N) is 2. The summed E-state index contributed by atoms with van der Waals surface area (Å²) in [5.41, 5.74) is 2.70. The first-order valence-corrected chi connectivity index (χ1v) is 11.5. The van der Waals surface area contributed by atoms with Gasteiger partial charge in [-0.1, -0.05) is 36.2 Å². The van der Waals surface area contributed by atoms with Gasteiger partial charge in [0, 0.05) is 19.1 Å². The molecule has 2 atom stereocenters. The van der Waals surface area contributed by atoms with Gasteiger partial charge in [-0.3, -0.25) is 9.59 Å². The minimum absolute atomic E-state index is 0.0104. The van der Waals surface area contributed by atoms with Gasteiger partial charge in [-0.25, -0.2) is 0 Å². The van der Waals surface area contributed by atoms with Gasteiger partial charge in [0.15, 0.2) is 0 Å². The number of carbonyl (C=O) groups is 2. The molecule has 1 fully saturated rings. The third kappa shape index (κ3) is 4.34. The summed E-state index contributed by atoms with van der Waals surface area (Å²) in [5, 5.41) is 4.02. The van der Waals surface area contributed by atoms with Crippen LogP contribution in [-0.2, 0) is 17.9 Å². The van der Waals surface area contributed by atoms with Crippen LogP contribution in [-0.4, -0.2) is 40.5 Å². The average Bonchev–Trinajstić information content (AvgIpc) is 3.37. The molecule has 0 saturated carbocycles. The summed E-state index contributed by atoms with van der Waals surface area (Å²) >= 11 is 12.2. The Balaban J connectivity index is 1.62. The van der Waals surface area contributed by atoms with Crippen LogP contribution < -0.4 is 5.32 Å². The van der Waals surface area contributed by atoms with E-state index in [1.807, 2.05) is 22.5 Å². The SMILES string of the molecule is CCC(NC(=O)c1cc(C(=O)N2CCCC2C)n2c1COCC2)c1ccc(Cl)c(Cl)c1. The molecule has 0 bridgehead atoms. The standard InChI is InChI=1S/C23H27Cl2N3O3/c1-3-19(15-6-7-17(24)18(25)11-15)26-22(29)16-12-20(28-9-10-31-13-21(16)28)23(30)27-8-4-5-14(27)2/h6-7,11-12,14,19H,3-5,8-10,13H2,1-2H3,(H,26,29). The van der Waals surface area contributed by atoms with E-state index in [0.717, 1.165) is 30.6 Å². The van der Waals surface area contributed by atoms with Crippen molar-refractivity contribution in [2.45, 2.75) is 58.3 Å². The topological polar surface area (TPSA) is 63.6 Å². The molecular weight excluding hydrogens is 437 g/mol. The number of likely N-dealkylation sites (tertiary alicyclic amines) is 1. The number of amides is 2. The fourth-order valence-electron chi connectivity index (χ4n) is 4.47. The molecule has 31 heavy (non-hydrogen) atoms. The highest BCUT2D eigenvalue weighted by Gasteiger charge is 2.32. The van der Waals surface area contributed by atoms with Crippen molar-refractivity contribution in [3.63, 3.8) is 0 Å². The molecule has 1 aromatic carbocycles. The van der Waals surface area contributed by atoms with Gasteiger partial charge in [0.25, 0.3) is 11.8 Å².